The van der Waals surface area contributed by atoms with Gasteiger partial charge in [-0.25, -0.2) is 4.39 Å². The van der Waals surface area contributed by atoms with Gasteiger partial charge in [0.2, 0.25) is 0 Å². The molecule has 0 aliphatic carbocycles. The molecule has 1 aromatic rings. The number of rotatable bonds is 8. The van der Waals surface area contributed by atoms with E-state index in [9.17, 15) is 4.39 Å². The van der Waals surface area contributed by atoms with Gasteiger partial charge in [0, 0.05) is 20.1 Å². The molecule has 0 spiro atoms. The summed E-state index contributed by atoms with van der Waals surface area (Å²) in [5, 5.41) is 6.65. The van der Waals surface area contributed by atoms with Gasteiger partial charge in [-0.2, -0.15) is 0 Å². The molecule has 1 aliphatic rings. The Hall–Kier alpha value is -0.890. The van der Waals surface area contributed by atoms with Crippen molar-refractivity contribution in [3.8, 4) is 0 Å². The molecule has 26 heavy (non-hydrogen) atoms. The minimum absolute atomic E-state index is 0. The number of hydrogen-bond donors (Lipinski definition) is 2. The van der Waals surface area contributed by atoms with Crippen LogP contribution in [0, 0.1) is 11.7 Å². The lowest BCUT2D eigenvalue weighted by molar-refractivity contribution is 0.189. The molecule has 0 aromatic heterocycles. The summed E-state index contributed by atoms with van der Waals surface area (Å²) >= 11 is 0. The van der Waals surface area contributed by atoms with Gasteiger partial charge in [0.25, 0.3) is 0 Å². The average Bonchev–Trinajstić information content (AvgIpc) is 2.61. The summed E-state index contributed by atoms with van der Waals surface area (Å²) in [6, 6.07) is 6.75. The summed E-state index contributed by atoms with van der Waals surface area (Å²) in [5.41, 5.74) is 0.999. The van der Waals surface area contributed by atoms with Crippen molar-refractivity contribution in [3.05, 3.63) is 35.6 Å². The Bertz CT molecular complexity index is 530. The van der Waals surface area contributed by atoms with E-state index < -0.39 is 0 Å². The van der Waals surface area contributed by atoms with E-state index in [-0.39, 0.29) is 29.8 Å². The van der Waals surface area contributed by atoms with Gasteiger partial charge in [0.15, 0.2) is 5.96 Å². The van der Waals surface area contributed by atoms with Crippen LogP contribution in [0.25, 0.3) is 0 Å². The molecule has 1 fully saturated rings. The van der Waals surface area contributed by atoms with Gasteiger partial charge in [0.05, 0.1) is 0 Å². The minimum Gasteiger partial charge on any atom is -0.356 e. The van der Waals surface area contributed by atoms with Gasteiger partial charge < -0.3 is 15.5 Å². The van der Waals surface area contributed by atoms with Crippen LogP contribution in [0.4, 0.5) is 4.39 Å². The predicted molar refractivity (Wildman–Crippen MR) is 119 cm³/mol. The van der Waals surface area contributed by atoms with Gasteiger partial charge in [-0.1, -0.05) is 19.1 Å². The van der Waals surface area contributed by atoms with E-state index in [1.807, 2.05) is 6.07 Å². The Balaban J connectivity index is 0.00000338. The van der Waals surface area contributed by atoms with E-state index >= 15 is 0 Å². The van der Waals surface area contributed by atoms with Gasteiger partial charge in [-0.15, -0.1) is 24.0 Å². The van der Waals surface area contributed by atoms with Crippen molar-refractivity contribution >= 4 is 29.9 Å². The maximum atomic E-state index is 13.2. The summed E-state index contributed by atoms with van der Waals surface area (Å²) in [4.78, 5) is 6.83. The zero-order chi connectivity index (χ0) is 17.9. The van der Waals surface area contributed by atoms with Crippen LogP contribution in [0.15, 0.2) is 29.3 Å². The Kier molecular flexibility index (Phi) is 11.8. The number of nitrogens with zero attached hydrogens (tertiary/aromatic N) is 2. The van der Waals surface area contributed by atoms with Crippen molar-refractivity contribution in [2.24, 2.45) is 10.9 Å². The Labute approximate surface area is 175 Å². The van der Waals surface area contributed by atoms with Gasteiger partial charge >= 0.3 is 0 Å². The molecule has 1 heterocycles. The quantitative estimate of drug-likeness (QED) is 0.261. The summed E-state index contributed by atoms with van der Waals surface area (Å²) in [7, 11) is 1.78. The molecule has 1 aromatic carbocycles. The second kappa shape index (κ2) is 13.3. The Morgan fingerprint density at radius 1 is 1.19 bits per heavy atom. The van der Waals surface area contributed by atoms with Crippen molar-refractivity contribution < 1.29 is 4.39 Å². The topological polar surface area (TPSA) is 39.7 Å². The second-order valence-corrected chi connectivity index (χ2v) is 7.04. The highest BCUT2D eigenvalue weighted by Crippen LogP contribution is 2.16. The molecule has 6 heteroatoms. The van der Waals surface area contributed by atoms with Crippen LogP contribution in [-0.2, 0) is 6.42 Å². The van der Waals surface area contributed by atoms with Crippen LogP contribution in [0.1, 0.15) is 38.2 Å². The molecule has 0 amide bonds. The highest BCUT2D eigenvalue weighted by molar-refractivity contribution is 14.0. The Morgan fingerprint density at radius 2 is 1.92 bits per heavy atom. The first kappa shape index (κ1) is 23.1. The first-order valence-corrected chi connectivity index (χ1v) is 9.58. The number of likely N-dealkylation sites (tertiary alicyclic amines) is 1. The van der Waals surface area contributed by atoms with Crippen molar-refractivity contribution in [3.63, 3.8) is 0 Å². The molecule has 0 saturated carbocycles. The molecule has 2 rings (SSSR count). The fraction of sp³-hybridized carbons (Fsp3) is 0.650. The van der Waals surface area contributed by atoms with Crippen LogP contribution in [-0.4, -0.2) is 50.6 Å². The first-order chi connectivity index (χ1) is 12.2. The maximum Gasteiger partial charge on any atom is 0.190 e. The smallest absolute Gasteiger partial charge is 0.190 e. The minimum atomic E-state index is -0.178. The predicted octanol–water partition coefficient (Wildman–Crippen LogP) is 3.66. The van der Waals surface area contributed by atoms with Crippen molar-refractivity contribution in [1.82, 2.24) is 15.5 Å². The molecular weight excluding hydrogens is 442 g/mol. The lowest BCUT2D eigenvalue weighted by Gasteiger charge is -2.30. The van der Waals surface area contributed by atoms with Gasteiger partial charge in [0.1, 0.15) is 5.82 Å². The summed E-state index contributed by atoms with van der Waals surface area (Å²) < 4.78 is 13.2. The summed E-state index contributed by atoms with van der Waals surface area (Å²) in [5.74, 6) is 1.55. The number of benzene rings is 1. The molecular formula is C20H34FIN4. The number of piperidine rings is 1. The maximum absolute atomic E-state index is 13.2. The van der Waals surface area contributed by atoms with E-state index in [0.29, 0.717) is 0 Å². The third-order valence-corrected chi connectivity index (χ3v) is 4.89. The highest BCUT2D eigenvalue weighted by atomic mass is 127. The van der Waals surface area contributed by atoms with Crippen LogP contribution in [0.5, 0.6) is 0 Å². The molecule has 0 atom stereocenters. The van der Waals surface area contributed by atoms with Crippen molar-refractivity contribution in [2.45, 2.75) is 39.0 Å². The normalized spacial score (nSPS) is 16.2. The Morgan fingerprint density at radius 3 is 2.62 bits per heavy atom. The van der Waals surface area contributed by atoms with Crippen molar-refractivity contribution in [2.75, 3.05) is 39.8 Å². The molecule has 0 bridgehead atoms. The summed E-state index contributed by atoms with van der Waals surface area (Å²) in [6.45, 7) is 7.77. The lowest BCUT2D eigenvalue weighted by atomic mass is 9.99. The molecule has 1 aliphatic heterocycles. The van der Waals surface area contributed by atoms with Crippen LogP contribution >= 0.6 is 24.0 Å². The van der Waals surface area contributed by atoms with E-state index in [4.69, 9.17) is 0 Å². The molecule has 4 nitrogen and oxygen atoms in total. The zero-order valence-electron chi connectivity index (χ0n) is 16.1. The molecule has 0 radical (unpaired) electrons. The molecule has 0 unspecified atom stereocenters. The summed E-state index contributed by atoms with van der Waals surface area (Å²) in [6.07, 6.45) is 5.85. The second-order valence-electron chi connectivity index (χ2n) is 7.04. The van der Waals surface area contributed by atoms with E-state index in [1.165, 1.54) is 45.0 Å². The average molecular weight is 476 g/mol. The van der Waals surface area contributed by atoms with Crippen LogP contribution in [0.3, 0.4) is 0 Å². The number of nitrogens with one attached hydrogen (secondary N) is 2. The number of aliphatic imine (C=N–C) groups is 1. The number of guanidine groups is 1. The van der Waals surface area contributed by atoms with Gasteiger partial charge in [-0.3, -0.25) is 4.99 Å². The van der Waals surface area contributed by atoms with Crippen LogP contribution < -0.4 is 10.6 Å². The molecule has 148 valence electrons. The van der Waals surface area contributed by atoms with Crippen LogP contribution in [0.2, 0.25) is 0 Å². The molecule has 2 N–H and O–H groups in total. The van der Waals surface area contributed by atoms with E-state index in [2.05, 4.69) is 27.4 Å². The van der Waals surface area contributed by atoms with Gasteiger partial charge in [-0.05, 0) is 75.4 Å². The standard InChI is InChI=1S/C20H33FN4.HI/c1-17-9-14-25(15-10-17)13-4-3-11-23-20(22-2)24-12-8-18-6-5-7-19(21)16-18;/h5-7,16-17H,3-4,8-15H2,1-2H3,(H2,22,23,24);1H. The fourth-order valence-electron chi connectivity index (χ4n) is 3.19. The monoisotopic (exact) mass is 476 g/mol. The third-order valence-electron chi connectivity index (χ3n) is 4.89. The third kappa shape index (κ3) is 9.16. The largest absolute Gasteiger partial charge is 0.356 e. The van der Waals surface area contributed by atoms with E-state index in [1.54, 1.807) is 19.2 Å². The fourth-order valence-corrected chi connectivity index (χ4v) is 3.19. The SMILES string of the molecule is CN=C(NCCCCN1CCC(C)CC1)NCCc1cccc(F)c1.I. The highest BCUT2D eigenvalue weighted by Gasteiger charge is 2.14. The number of unbranched alkanes of at least 4 members (excludes halogenated alkanes) is 1. The van der Waals surface area contributed by atoms with Crippen molar-refractivity contribution in [1.29, 1.82) is 0 Å². The first-order valence-electron chi connectivity index (χ1n) is 9.58. The van der Waals surface area contributed by atoms with E-state index in [0.717, 1.165) is 43.4 Å². The zero-order valence-corrected chi connectivity index (χ0v) is 18.5. The molecule has 1 saturated heterocycles. The number of halogens is 2. The lowest BCUT2D eigenvalue weighted by Crippen LogP contribution is -2.39. The number of hydrogen-bond acceptors (Lipinski definition) is 2.